The molecule has 16 heavy (non-hydrogen) atoms. The minimum atomic E-state index is -4.45. The number of alkyl halides is 3. The van der Waals surface area contributed by atoms with Crippen LogP contribution in [0.25, 0.3) is 0 Å². The van der Waals surface area contributed by atoms with E-state index >= 15 is 0 Å². The average Bonchev–Trinajstić information content (AvgIpc) is 2.18. The molecule has 0 bridgehead atoms. The van der Waals surface area contributed by atoms with Crippen LogP contribution in [-0.4, -0.2) is 7.11 Å². The van der Waals surface area contributed by atoms with Gasteiger partial charge in [0.15, 0.2) is 0 Å². The quantitative estimate of drug-likeness (QED) is 0.835. The van der Waals surface area contributed by atoms with Crippen molar-refractivity contribution >= 4 is 15.9 Å². The predicted octanol–water partition coefficient (Wildman–Crippen LogP) is 3.54. The van der Waals surface area contributed by atoms with Crippen LogP contribution in [0.4, 0.5) is 13.2 Å². The molecule has 1 aromatic rings. The van der Waals surface area contributed by atoms with Gasteiger partial charge in [-0.15, -0.1) is 0 Å². The number of methoxy groups -OCH3 is 1. The number of rotatable bonds is 2. The second kappa shape index (κ2) is 4.74. The number of benzene rings is 1. The van der Waals surface area contributed by atoms with E-state index in [-0.39, 0.29) is 22.2 Å². The van der Waals surface area contributed by atoms with Crippen LogP contribution in [0.5, 0.6) is 5.75 Å². The minimum Gasteiger partial charge on any atom is -0.496 e. The molecule has 0 aromatic heterocycles. The molecule has 0 fully saturated rings. The summed E-state index contributed by atoms with van der Waals surface area (Å²) in [6.07, 6.45) is -4.57. The zero-order valence-electron chi connectivity index (χ0n) is 8.23. The van der Waals surface area contributed by atoms with Gasteiger partial charge >= 0.3 is 6.18 Å². The highest BCUT2D eigenvalue weighted by molar-refractivity contribution is 9.10. The van der Waals surface area contributed by atoms with Crippen molar-refractivity contribution in [1.82, 2.24) is 0 Å². The van der Waals surface area contributed by atoms with Gasteiger partial charge in [0.2, 0.25) is 0 Å². The van der Waals surface area contributed by atoms with Crippen molar-refractivity contribution in [2.75, 3.05) is 7.11 Å². The Morgan fingerprint density at radius 3 is 2.50 bits per heavy atom. The van der Waals surface area contributed by atoms with E-state index in [1.54, 1.807) is 6.07 Å². The standard InChI is InChI=1S/C10H7BrF3NO/c1-16-9-5-8(11)7(10(12,13)14)4-6(9)2-3-15/h4-5H,2H2,1H3. The summed E-state index contributed by atoms with van der Waals surface area (Å²) in [7, 11) is 1.34. The first-order valence-corrected chi connectivity index (χ1v) is 5.00. The molecule has 0 saturated carbocycles. The summed E-state index contributed by atoms with van der Waals surface area (Å²) < 4.78 is 42.5. The Hall–Kier alpha value is -1.22. The van der Waals surface area contributed by atoms with Crippen LogP contribution in [0.1, 0.15) is 11.1 Å². The number of nitrogens with zero attached hydrogens (tertiary/aromatic N) is 1. The van der Waals surface area contributed by atoms with E-state index in [1.165, 1.54) is 13.2 Å². The summed E-state index contributed by atoms with van der Waals surface area (Å²) in [5.74, 6) is 0.265. The van der Waals surface area contributed by atoms with Crippen LogP contribution in [0, 0.1) is 11.3 Å². The molecule has 0 unspecified atom stereocenters. The van der Waals surface area contributed by atoms with Crippen LogP contribution >= 0.6 is 15.9 Å². The Kier molecular flexibility index (Phi) is 3.81. The Bertz CT molecular complexity index is 437. The average molecular weight is 294 g/mol. The van der Waals surface area contributed by atoms with Gasteiger partial charge < -0.3 is 4.74 Å². The van der Waals surface area contributed by atoms with Crippen molar-refractivity contribution in [3.63, 3.8) is 0 Å². The molecule has 0 aliphatic rings. The fourth-order valence-corrected chi connectivity index (χ4v) is 1.78. The van der Waals surface area contributed by atoms with Crippen molar-refractivity contribution in [3.8, 4) is 11.8 Å². The van der Waals surface area contributed by atoms with Crippen LogP contribution in [0.3, 0.4) is 0 Å². The zero-order valence-corrected chi connectivity index (χ0v) is 9.82. The van der Waals surface area contributed by atoms with Crippen molar-refractivity contribution in [3.05, 3.63) is 27.7 Å². The predicted molar refractivity (Wildman–Crippen MR) is 55.0 cm³/mol. The van der Waals surface area contributed by atoms with Crippen molar-refractivity contribution in [2.45, 2.75) is 12.6 Å². The summed E-state index contributed by atoms with van der Waals surface area (Å²) in [4.78, 5) is 0. The van der Waals surface area contributed by atoms with E-state index < -0.39 is 11.7 Å². The Morgan fingerprint density at radius 2 is 2.06 bits per heavy atom. The van der Waals surface area contributed by atoms with Gasteiger partial charge in [0.1, 0.15) is 5.75 Å². The first kappa shape index (κ1) is 12.8. The molecule has 0 aliphatic heterocycles. The molecule has 1 aromatic carbocycles. The number of halogens is 4. The molecule has 0 amide bonds. The molecule has 0 aliphatic carbocycles. The largest absolute Gasteiger partial charge is 0.496 e. The maximum absolute atomic E-state index is 12.6. The van der Waals surface area contributed by atoms with E-state index in [0.29, 0.717) is 0 Å². The van der Waals surface area contributed by atoms with Crippen LogP contribution in [-0.2, 0) is 12.6 Å². The van der Waals surface area contributed by atoms with E-state index in [0.717, 1.165) is 6.07 Å². The fourth-order valence-electron chi connectivity index (χ4n) is 1.23. The maximum Gasteiger partial charge on any atom is 0.417 e. The maximum atomic E-state index is 12.6. The van der Waals surface area contributed by atoms with Gasteiger partial charge in [0, 0.05) is 10.0 Å². The summed E-state index contributed by atoms with van der Waals surface area (Å²) in [6.45, 7) is 0. The van der Waals surface area contributed by atoms with Crippen LogP contribution < -0.4 is 4.74 Å². The smallest absolute Gasteiger partial charge is 0.417 e. The highest BCUT2D eigenvalue weighted by Crippen LogP contribution is 2.38. The third-order valence-corrected chi connectivity index (χ3v) is 2.60. The summed E-state index contributed by atoms with van der Waals surface area (Å²) in [5, 5.41) is 8.50. The van der Waals surface area contributed by atoms with Gasteiger partial charge in [-0.3, -0.25) is 0 Å². The van der Waals surface area contributed by atoms with Gasteiger partial charge in [-0.1, -0.05) is 15.9 Å². The topological polar surface area (TPSA) is 33.0 Å². The number of hydrogen-bond donors (Lipinski definition) is 0. The molecule has 0 heterocycles. The van der Waals surface area contributed by atoms with Gasteiger partial charge in [0.05, 0.1) is 25.2 Å². The first-order valence-electron chi connectivity index (χ1n) is 4.20. The normalized spacial score (nSPS) is 11.0. The van der Waals surface area contributed by atoms with Gasteiger partial charge in [-0.2, -0.15) is 18.4 Å². The molecule has 2 nitrogen and oxygen atoms in total. The molecule has 0 spiro atoms. The van der Waals surface area contributed by atoms with Gasteiger partial charge in [0.25, 0.3) is 0 Å². The van der Waals surface area contributed by atoms with E-state index in [2.05, 4.69) is 15.9 Å². The van der Waals surface area contributed by atoms with E-state index in [4.69, 9.17) is 10.00 Å². The van der Waals surface area contributed by atoms with Crippen LogP contribution in [0.2, 0.25) is 0 Å². The molecule has 86 valence electrons. The molecule has 0 N–H and O–H groups in total. The molecule has 6 heteroatoms. The SMILES string of the molecule is COc1cc(Br)c(C(F)(F)F)cc1CC#N. The summed E-state index contributed by atoms with van der Waals surface area (Å²) in [5.41, 5.74) is -0.584. The third-order valence-electron chi connectivity index (χ3n) is 1.94. The highest BCUT2D eigenvalue weighted by atomic mass is 79.9. The lowest BCUT2D eigenvalue weighted by molar-refractivity contribution is -0.138. The third kappa shape index (κ3) is 2.67. The second-order valence-corrected chi connectivity index (χ2v) is 3.83. The Morgan fingerprint density at radius 1 is 1.44 bits per heavy atom. The van der Waals surface area contributed by atoms with Crippen molar-refractivity contribution < 1.29 is 17.9 Å². The van der Waals surface area contributed by atoms with Crippen molar-refractivity contribution in [2.24, 2.45) is 0 Å². The zero-order chi connectivity index (χ0) is 12.3. The molecule has 0 atom stereocenters. The monoisotopic (exact) mass is 293 g/mol. The second-order valence-electron chi connectivity index (χ2n) is 2.98. The molecular formula is C10H7BrF3NO. The van der Waals surface area contributed by atoms with Crippen LogP contribution in [0.15, 0.2) is 16.6 Å². The lowest BCUT2D eigenvalue weighted by Crippen LogP contribution is -2.07. The number of ether oxygens (including phenoxy) is 1. The van der Waals surface area contributed by atoms with Gasteiger partial charge in [-0.25, -0.2) is 0 Å². The Labute approximate surface area is 98.8 Å². The molecule has 1 rings (SSSR count). The number of hydrogen-bond acceptors (Lipinski definition) is 2. The first-order chi connectivity index (χ1) is 7.40. The van der Waals surface area contributed by atoms with E-state index in [1.807, 2.05) is 0 Å². The van der Waals surface area contributed by atoms with E-state index in [9.17, 15) is 13.2 Å². The lowest BCUT2D eigenvalue weighted by Gasteiger charge is -2.13. The summed E-state index contributed by atoms with van der Waals surface area (Å²) >= 11 is 2.83. The fraction of sp³-hybridized carbons (Fsp3) is 0.300. The summed E-state index contributed by atoms with van der Waals surface area (Å²) in [6, 6.07) is 3.93. The minimum absolute atomic E-state index is 0.0986. The molecule has 0 saturated heterocycles. The van der Waals surface area contributed by atoms with Crippen molar-refractivity contribution in [1.29, 1.82) is 5.26 Å². The Balaban J connectivity index is 3.34. The molecule has 0 radical (unpaired) electrons. The van der Waals surface area contributed by atoms with Gasteiger partial charge in [-0.05, 0) is 12.1 Å². The number of nitriles is 1. The molecular weight excluding hydrogens is 287 g/mol. The lowest BCUT2D eigenvalue weighted by atomic mass is 10.1. The highest BCUT2D eigenvalue weighted by Gasteiger charge is 2.33.